The van der Waals surface area contributed by atoms with E-state index in [-0.39, 0.29) is 0 Å². The number of fused-ring (bicyclic) bond motifs is 3. The van der Waals surface area contributed by atoms with Gasteiger partial charge in [-0.05, 0) is 88.8 Å². The van der Waals surface area contributed by atoms with E-state index < -0.39 is 0 Å². The van der Waals surface area contributed by atoms with Crippen molar-refractivity contribution in [1.82, 2.24) is 14.3 Å². The van der Waals surface area contributed by atoms with Crippen LogP contribution in [0.4, 0.5) is 0 Å². The first-order valence-electron chi connectivity index (χ1n) is 18.8. The molecule has 260 valence electrons. The van der Waals surface area contributed by atoms with Gasteiger partial charge in [-0.3, -0.25) is 0 Å². The molecule has 2 aromatic heterocycles. The highest BCUT2D eigenvalue weighted by molar-refractivity contribution is 6.11. The summed E-state index contributed by atoms with van der Waals surface area (Å²) in [5, 5.41) is 7.62. The zero-order valence-electron chi connectivity index (χ0n) is 30.5. The van der Waals surface area contributed by atoms with E-state index in [9.17, 15) is 0 Å². The van der Waals surface area contributed by atoms with Crippen LogP contribution >= 0.6 is 0 Å². The molecule has 10 rings (SSSR count). The molecule has 0 saturated heterocycles. The van der Waals surface area contributed by atoms with Crippen LogP contribution in [0.5, 0.6) is 0 Å². The fourth-order valence-corrected chi connectivity index (χ4v) is 7.98. The predicted molar refractivity (Wildman–Crippen MR) is 230 cm³/mol. The number of rotatable bonds is 7. The van der Waals surface area contributed by atoms with Crippen LogP contribution in [-0.2, 0) is 0 Å². The second-order valence-electron chi connectivity index (χ2n) is 14.1. The van der Waals surface area contributed by atoms with Crippen molar-refractivity contribution in [3.05, 3.63) is 212 Å². The third kappa shape index (κ3) is 5.83. The summed E-state index contributed by atoms with van der Waals surface area (Å²) in [6.07, 6.45) is 0. The summed E-state index contributed by atoms with van der Waals surface area (Å²) in [7, 11) is 0. The molecule has 10 aromatic rings. The predicted octanol–water partition coefficient (Wildman–Crippen LogP) is 13.6. The third-order valence-electron chi connectivity index (χ3n) is 10.7. The van der Waals surface area contributed by atoms with Gasteiger partial charge in [-0.25, -0.2) is 4.68 Å². The quantitative estimate of drug-likeness (QED) is 0.162. The van der Waals surface area contributed by atoms with Gasteiger partial charge in [0.05, 0.1) is 28.1 Å². The van der Waals surface area contributed by atoms with E-state index in [1.165, 1.54) is 60.9 Å². The maximum Gasteiger partial charge on any atom is 0.0934 e. The molecule has 55 heavy (non-hydrogen) atoms. The molecule has 0 aliphatic carbocycles. The van der Waals surface area contributed by atoms with Gasteiger partial charge < -0.3 is 4.57 Å². The van der Waals surface area contributed by atoms with Gasteiger partial charge in [0.2, 0.25) is 0 Å². The van der Waals surface area contributed by atoms with Gasteiger partial charge in [-0.2, -0.15) is 5.10 Å². The maximum absolute atomic E-state index is 5.12. The van der Waals surface area contributed by atoms with E-state index in [1.54, 1.807) is 0 Å². The Morgan fingerprint density at radius 1 is 0.364 bits per heavy atom. The first-order chi connectivity index (χ1) is 27.2. The molecule has 8 aromatic carbocycles. The molecule has 0 fully saturated rings. The maximum atomic E-state index is 5.12. The molecule has 3 nitrogen and oxygen atoms in total. The topological polar surface area (TPSA) is 22.8 Å². The summed E-state index contributed by atoms with van der Waals surface area (Å²) in [5.41, 5.74) is 17.2. The molecule has 0 amide bonds. The molecule has 0 bridgehead atoms. The van der Waals surface area contributed by atoms with Gasteiger partial charge in [0.25, 0.3) is 0 Å². The van der Waals surface area contributed by atoms with Crippen molar-refractivity contribution < 1.29 is 0 Å². The number of aryl methyl sites for hydroxylation is 1. The number of hydrogen-bond donors (Lipinski definition) is 0. The number of hydrogen-bond acceptors (Lipinski definition) is 1. The number of para-hydroxylation sites is 1. The first-order valence-corrected chi connectivity index (χ1v) is 18.8. The Labute approximate surface area is 321 Å². The van der Waals surface area contributed by atoms with E-state index in [2.05, 4.69) is 216 Å². The lowest BCUT2D eigenvalue weighted by Gasteiger charge is -2.16. The number of aromatic nitrogens is 3. The van der Waals surface area contributed by atoms with Crippen LogP contribution in [0.15, 0.2) is 206 Å². The summed E-state index contributed by atoms with van der Waals surface area (Å²) in [6, 6.07) is 73.9. The first kappa shape index (κ1) is 32.4. The van der Waals surface area contributed by atoms with E-state index in [4.69, 9.17) is 5.10 Å². The lowest BCUT2D eigenvalue weighted by molar-refractivity contribution is 0.892. The zero-order valence-corrected chi connectivity index (χ0v) is 30.5. The minimum absolute atomic E-state index is 0.948. The van der Waals surface area contributed by atoms with Crippen molar-refractivity contribution in [3.63, 3.8) is 0 Å². The van der Waals surface area contributed by atoms with Crippen molar-refractivity contribution in [2.24, 2.45) is 0 Å². The molecule has 0 saturated carbocycles. The standard InChI is InChI=1S/C52H37N3/c1-36-24-29-41(30-25-36)54-50-23-13-12-22-47(50)48-34-40(28-33-51(48)54)44-19-9-11-21-46(44)45-20-10-8-18-43(45)37-26-31-42(32-27-37)55-52(39-16-6-3-7-17-39)35-49(53-55)38-14-4-2-5-15-38/h2-35H,1H3. The molecule has 0 N–H and O–H groups in total. The lowest BCUT2D eigenvalue weighted by atomic mass is 9.89. The van der Waals surface area contributed by atoms with Crippen LogP contribution in [0.1, 0.15) is 5.56 Å². The van der Waals surface area contributed by atoms with Gasteiger partial charge in [-0.15, -0.1) is 0 Å². The number of nitrogens with zero attached hydrogens (tertiary/aromatic N) is 3. The zero-order chi connectivity index (χ0) is 36.7. The summed E-state index contributed by atoms with van der Waals surface area (Å²) < 4.78 is 4.45. The molecule has 2 heterocycles. The highest BCUT2D eigenvalue weighted by Gasteiger charge is 2.17. The highest BCUT2D eigenvalue weighted by Crippen LogP contribution is 2.41. The summed E-state index contributed by atoms with van der Waals surface area (Å²) >= 11 is 0. The average Bonchev–Trinajstić information content (AvgIpc) is 3.85. The van der Waals surface area contributed by atoms with Crippen molar-refractivity contribution in [1.29, 1.82) is 0 Å². The van der Waals surface area contributed by atoms with E-state index in [0.29, 0.717) is 0 Å². The number of benzene rings is 8. The van der Waals surface area contributed by atoms with Crippen LogP contribution in [0, 0.1) is 6.92 Å². The van der Waals surface area contributed by atoms with Gasteiger partial charge in [-0.1, -0.05) is 163 Å². The molecule has 0 radical (unpaired) electrons. The summed E-state index contributed by atoms with van der Waals surface area (Å²) in [5.74, 6) is 0. The van der Waals surface area contributed by atoms with Crippen molar-refractivity contribution in [2.45, 2.75) is 6.92 Å². The third-order valence-corrected chi connectivity index (χ3v) is 10.7. The van der Waals surface area contributed by atoms with Crippen molar-refractivity contribution in [3.8, 4) is 67.3 Å². The van der Waals surface area contributed by atoms with Crippen molar-refractivity contribution in [2.75, 3.05) is 0 Å². The Morgan fingerprint density at radius 3 is 1.58 bits per heavy atom. The monoisotopic (exact) mass is 703 g/mol. The fraction of sp³-hybridized carbons (Fsp3) is 0.0192. The Morgan fingerprint density at radius 2 is 0.891 bits per heavy atom. The average molecular weight is 704 g/mol. The largest absolute Gasteiger partial charge is 0.309 e. The Kier molecular flexibility index (Phi) is 8.04. The van der Waals surface area contributed by atoms with E-state index in [0.717, 1.165) is 33.8 Å². The van der Waals surface area contributed by atoms with Crippen molar-refractivity contribution >= 4 is 21.8 Å². The molecule has 0 unspecified atom stereocenters. The minimum Gasteiger partial charge on any atom is -0.309 e. The summed E-state index contributed by atoms with van der Waals surface area (Å²) in [4.78, 5) is 0. The highest BCUT2D eigenvalue weighted by atomic mass is 15.3. The van der Waals surface area contributed by atoms with E-state index in [1.807, 2.05) is 6.07 Å². The van der Waals surface area contributed by atoms with Gasteiger partial charge in [0, 0.05) is 27.6 Å². The molecular formula is C52H37N3. The van der Waals surface area contributed by atoms with Gasteiger partial charge >= 0.3 is 0 Å². The Hall–Kier alpha value is -7.23. The van der Waals surface area contributed by atoms with Crippen LogP contribution in [0.2, 0.25) is 0 Å². The molecular weight excluding hydrogens is 667 g/mol. The molecule has 0 aliphatic rings. The Balaban J connectivity index is 1.05. The smallest absolute Gasteiger partial charge is 0.0934 e. The SMILES string of the molecule is Cc1ccc(-n2c3ccccc3c3cc(-c4ccccc4-c4ccccc4-c4ccc(-n5nc(-c6ccccc6)cc5-c5ccccc5)cc4)ccc32)cc1. The normalized spacial score (nSPS) is 11.4. The summed E-state index contributed by atoms with van der Waals surface area (Å²) in [6.45, 7) is 2.14. The van der Waals surface area contributed by atoms with Gasteiger partial charge in [0.15, 0.2) is 0 Å². The minimum atomic E-state index is 0.948. The van der Waals surface area contributed by atoms with Crippen LogP contribution in [-0.4, -0.2) is 14.3 Å². The molecule has 3 heteroatoms. The molecule has 0 aliphatic heterocycles. The molecule has 0 atom stereocenters. The second-order valence-corrected chi connectivity index (χ2v) is 14.1. The van der Waals surface area contributed by atoms with E-state index >= 15 is 0 Å². The second kappa shape index (κ2) is 13.6. The van der Waals surface area contributed by atoms with Crippen LogP contribution in [0.25, 0.3) is 89.1 Å². The lowest BCUT2D eigenvalue weighted by Crippen LogP contribution is -1.99. The van der Waals surface area contributed by atoms with Crippen LogP contribution < -0.4 is 0 Å². The molecule has 0 spiro atoms. The van der Waals surface area contributed by atoms with Crippen LogP contribution in [0.3, 0.4) is 0 Å². The Bertz CT molecular complexity index is 2950. The fourth-order valence-electron chi connectivity index (χ4n) is 7.98. The van der Waals surface area contributed by atoms with Gasteiger partial charge in [0.1, 0.15) is 0 Å².